The van der Waals surface area contributed by atoms with Crippen LogP contribution in [0.4, 0.5) is 10.1 Å². The maximum atomic E-state index is 13.2. The molecular weight excluding hydrogens is 369 g/mol. The van der Waals surface area contributed by atoms with Crippen LogP contribution in [0.25, 0.3) is 11.4 Å². The second-order valence-corrected chi connectivity index (χ2v) is 6.48. The number of methoxy groups -OCH3 is 1. The second kappa shape index (κ2) is 9.24. The van der Waals surface area contributed by atoms with Crippen molar-refractivity contribution in [1.82, 2.24) is 19.7 Å². The van der Waals surface area contributed by atoms with E-state index >= 15 is 0 Å². The Morgan fingerprint density at radius 3 is 2.81 bits per heavy atom. The summed E-state index contributed by atoms with van der Waals surface area (Å²) < 4.78 is 20.3. The minimum Gasteiger partial charge on any atom is -0.383 e. The number of anilines is 1. The van der Waals surface area contributed by atoms with E-state index in [1.165, 1.54) is 23.9 Å². The molecule has 9 heteroatoms. The lowest BCUT2D eigenvalue weighted by Gasteiger charge is -2.10. The fourth-order valence-corrected chi connectivity index (χ4v) is 3.15. The molecule has 7 nitrogen and oxygen atoms in total. The van der Waals surface area contributed by atoms with Gasteiger partial charge in [0.1, 0.15) is 5.82 Å². The lowest BCUT2D eigenvalue weighted by Crippen LogP contribution is -2.15. The predicted octanol–water partition coefficient (Wildman–Crippen LogP) is 2.86. The van der Waals surface area contributed by atoms with Crippen molar-refractivity contribution in [3.63, 3.8) is 0 Å². The quantitative estimate of drug-likeness (QED) is 0.599. The molecule has 27 heavy (non-hydrogen) atoms. The molecule has 0 aliphatic heterocycles. The SMILES string of the molecule is COCCn1c(SCC(=O)Nc2cccc(F)c2)nnc1-c1ccncc1. The zero-order valence-corrected chi connectivity index (χ0v) is 15.4. The number of rotatable bonds is 8. The third-order valence-electron chi connectivity index (χ3n) is 3.62. The highest BCUT2D eigenvalue weighted by molar-refractivity contribution is 7.99. The van der Waals surface area contributed by atoms with E-state index in [9.17, 15) is 9.18 Å². The van der Waals surface area contributed by atoms with Gasteiger partial charge in [-0.3, -0.25) is 14.3 Å². The predicted molar refractivity (Wildman–Crippen MR) is 101 cm³/mol. The van der Waals surface area contributed by atoms with Gasteiger partial charge in [-0.15, -0.1) is 10.2 Å². The number of hydrogen-bond donors (Lipinski definition) is 1. The summed E-state index contributed by atoms with van der Waals surface area (Å²) >= 11 is 1.26. The summed E-state index contributed by atoms with van der Waals surface area (Å²) in [7, 11) is 1.62. The molecule has 1 aromatic carbocycles. The summed E-state index contributed by atoms with van der Waals surface area (Å²) in [6, 6.07) is 9.46. The third kappa shape index (κ3) is 5.11. The van der Waals surface area contributed by atoms with Gasteiger partial charge in [-0.1, -0.05) is 17.8 Å². The third-order valence-corrected chi connectivity index (χ3v) is 4.58. The van der Waals surface area contributed by atoms with Crippen molar-refractivity contribution >= 4 is 23.4 Å². The van der Waals surface area contributed by atoms with Crippen molar-refractivity contribution < 1.29 is 13.9 Å². The highest BCUT2D eigenvalue weighted by atomic mass is 32.2. The first-order valence-electron chi connectivity index (χ1n) is 8.18. The molecule has 0 fully saturated rings. The normalized spacial score (nSPS) is 10.7. The second-order valence-electron chi connectivity index (χ2n) is 5.53. The lowest BCUT2D eigenvalue weighted by atomic mass is 10.2. The van der Waals surface area contributed by atoms with Crippen LogP contribution in [-0.4, -0.2) is 45.1 Å². The number of nitrogens with zero attached hydrogens (tertiary/aromatic N) is 4. The summed E-state index contributed by atoms with van der Waals surface area (Å²) in [6.45, 7) is 1.04. The molecule has 140 valence electrons. The first-order valence-corrected chi connectivity index (χ1v) is 9.16. The largest absolute Gasteiger partial charge is 0.383 e. The minimum atomic E-state index is -0.401. The van der Waals surface area contributed by atoms with Gasteiger partial charge < -0.3 is 10.1 Å². The molecule has 0 saturated heterocycles. The number of benzene rings is 1. The van der Waals surface area contributed by atoms with Crippen molar-refractivity contribution in [2.24, 2.45) is 0 Å². The van der Waals surface area contributed by atoms with Crippen LogP contribution in [0.3, 0.4) is 0 Å². The molecular formula is C18H18FN5O2S. The number of carbonyl (C=O) groups excluding carboxylic acids is 1. The van der Waals surface area contributed by atoms with Gasteiger partial charge in [-0.05, 0) is 30.3 Å². The number of aromatic nitrogens is 4. The standard InChI is InChI=1S/C18H18FN5O2S/c1-26-10-9-24-17(13-5-7-20-8-6-13)22-23-18(24)27-12-16(25)21-15-4-2-3-14(19)11-15/h2-8,11H,9-10,12H2,1H3,(H,21,25). The maximum Gasteiger partial charge on any atom is 0.234 e. The topological polar surface area (TPSA) is 81.9 Å². The van der Waals surface area contributed by atoms with E-state index in [0.717, 1.165) is 5.56 Å². The van der Waals surface area contributed by atoms with Crippen LogP contribution in [0.1, 0.15) is 0 Å². The molecule has 2 heterocycles. The number of amides is 1. The number of carbonyl (C=O) groups is 1. The summed E-state index contributed by atoms with van der Waals surface area (Å²) in [6.07, 6.45) is 3.37. The summed E-state index contributed by atoms with van der Waals surface area (Å²) in [5, 5.41) is 11.7. The summed E-state index contributed by atoms with van der Waals surface area (Å²) in [5.41, 5.74) is 1.29. The highest BCUT2D eigenvalue weighted by Crippen LogP contribution is 2.23. The fraction of sp³-hybridized carbons (Fsp3) is 0.222. The van der Waals surface area contributed by atoms with Gasteiger partial charge in [-0.25, -0.2) is 4.39 Å². The van der Waals surface area contributed by atoms with Crippen LogP contribution >= 0.6 is 11.8 Å². The van der Waals surface area contributed by atoms with E-state index in [0.29, 0.717) is 29.8 Å². The molecule has 0 spiro atoms. The van der Waals surface area contributed by atoms with Gasteiger partial charge in [0.05, 0.1) is 18.9 Å². The molecule has 0 aliphatic rings. The average molecular weight is 387 g/mol. The maximum absolute atomic E-state index is 13.2. The average Bonchev–Trinajstić information content (AvgIpc) is 3.08. The smallest absolute Gasteiger partial charge is 0.234 e. The number of nitrogens with one attached hydrogen (secondary N) is 1. The Morgan fingerprint density at radius 2 is 2.07 bits per heavy atom. The number of pyridine rings is 1. The zero-order chi connectivity index (χ0) is 19.1. The van der Waals surface area contributed by atoms with Gasteiger partial charge in [0, 0.05) is 30.8 Å². The Balaban J connectivity index is 1.70. The van der Waals surface area contributed by atoms with Crippen LogP contribution in [0.5, 0.6) is 0 Å². The van der Waals surface area contributed by atoms with E-state index in [2.05, 4.69) is 20.5 Å². The van der Waals surface area contributed by atoms with Crippen LogP contribution in [0, 0.1) is 5.82 Å². The first-order chi connectivity index (χ1) is 13.2. The Kier molecular flexibility index (Phi) is 6.50. The molecule has 3 aromatic rings. The van der Waals surface area contributed by atoms with Crippen molar-refractivity contribution in [3.05, 3.63) is 54.6 Å². The molecule has 0 radical (unpaired) electrons. The molecule has 1 amide bonds. The molecule has 0 aliphatic carbocycles. The van der Waals surface area contributed by atoms with Gasteiger partial charge in [0.25, 0.3) is 0 Å². The Morgan fingerprint density at radius 1 is 1.26 bits per heavy atom. The zero-order valence-electron chi connectivity index (χ0n) is 14.6. The Hall–Kier alpha value is -2.78. The van der Waals surface area contributed by atoms with Crippen LogP contribution < -0.4 is 5.32 Å². The molecule has 0 unspecified atom stereocenters. The Bertz CT molecular complexity index is 904. The molecule has 0 atom stereocenters. The monoisotopic (exact) mass is 387 g/mol. The van der Waals surface area contributed by atoms with Gasteiger partial charge >= 0.3 is 0 Å². The van der Waals surface area contributed by atoms with Gasteiger partial charge in [0.15, 0.2) is 11.0 Å². The molecule has 3 rings (SSSR count). The molecule has 0 saturated carbocycles. The fourth-order valence-electron chi connectivity index (χ4n) is 2.39. The van der Waals surface area contributed by atoms with E-state index in [4.69, 9.17) is 4.74 Å². The van der Waals surface area contributed by atoms with Gasteiger partial charge in [-0.2, -0.15) is 0 Å². The number of ether oxygens (including phenoxy) is 1. The van der Waals surface area contributed by atoms with Crippen LogP contribution in [0.2, 0.25) is 0 Å². The minimum absolute atomic E-state index is 0.123. The first kappa shape index (κ1) is 19.0. The summed E-state index contributed by atoms with van der Waals surface area (Å²) in [5.74, 6) is 0.152. The number of hydrogen-bond acceptors (Lipinski definition) is 6. The lowest BCUT2D eigenvalue weighted by molar-refractivity contribution is -0.113. The van der Waals surface area contributed by atoms with E-state index < -0.39 is 5.82 Å². The van der Waals surface area contributed by atoms with E-state index in [1.54, 1.807) is 31.6 Å². The van der Waals surface area contributed by atoms with Crippen molar-refractivity contribution in [2.75, 3.05) is 24.8 Å². The Labute approximate surface area is 160 Å². The molecule has 1 N–H and O–H groups in total. The van der Waals surface area contributed by atoms with E-state index in [1.807, 2.05) is 16.7 Å². The highest BCUT2D eigenvalue weighted by Gasteiger charge is 2.15. The van der Waals surface area contributed by atoms with E-state index in [-0.39, 0.29) is 11.7 Å². The van der Waals surface area contributed by atoms with Crippen molar-refractivity contribution in [1.29, 1.82) is 0 Å². The summed E-state index contributed by atoms with van der Waals surface area (Å²) in [4.78, 5) is 16.2. The van der Waals surface area contributed by atoms with Crippen LogP contribution in [-0.2, 0) is 16.1 Å². The molecule has 0 bridgehead atoms. The van der Waals surface area contributed by atoms with Gasteiger partial charge in [0.2, 0.25) is 5.91 Å². The van der Waals surface area contributed by atoms with Crippen molar-refractivity contribution in [2.45, 2.75) is 11.7 Å². The molecule has 2 aromatic heterocycles. The number of thioether (sulfide) groups is 1. The van der Waals surface area contributed by atoms with Crippen molar-refractivity contribution in [3.8, 4) is 11.4 Å². The number of halogens is 1. The van der Waals surface area contributed by atoms with Crippen LogP contribution in [0.15, 0.2) is 53.9 Å².